The Kier molecular flexibility index (Phi) is 22.7. The van der Waals surface area contributed by atoms with Crippen molar-refractivity contribution in [3.05, 3.63) is 198 Å². The normalized spacial score (nSPS) is 12.6. The summed E-state index contributed by atoms with van der Waals surface area (Å²) in [5.74, 6) is 8.44. The van der Waals surface area contributed by atoms with Crippen LogP contribution in [0.3, 0.4) is 0 Å². The number of hydrogen-bond acceptors (Lipinski definition) is 23. The zero-order chi connectivity index (χ0) is 72.1. The molecular weight excluding hydrogens is 1300 g/mol. The van der Waals surface area contributed by atoms with E-state index in [0.29, 0.717) is 80.0 Å². The molecule has 9 aromatic heterocycles. The Morgan fingerprint density at radius 1 is 0.559 bits per heavy atom. The molecule has 0 aliphatic heterocycles. The number of nitrogens with zero attached hydrogens (tertiary/aromatic N) is 15. The number of nitrogens with two attached hydrogens (primary N) is 1. The minimum atomic E-state index is -0.645. The molecule has 13 rings (SSSR count). The third-order valence-corrected chi connectivity index (χ3v) is 17.2. The number of anilines is 1. The Labute approximate surface area is 590 Å². The van der Waals surface area contributed by atoms with Crippen LogP contribution in [0.1, 0.15) is 107 Å². The molecule has 1 aliphatic carbocycles. The summed E-state index contributed by atoms with van der Waals surface area (Å²) in [6, 6.07) is 26.9. The van der Waals surface area contributed by atoms with Gasteiger partial charge in [0.15, 0.2) is 11.5 Å². The predicted octanol–water partition coefficient (Wildman–Crippen LogP) is 11.8. The Balaban J connectivity index is 0.000000179. The molecule has 2 atom stereocenters. The number of alkyl halides is 1. The maximum atomic E-state index is 13.1. The van der Waals surface area contributed by atoms with E-state index in [2.05, 4.69) is 95.4 Å². The molecule has 0 bridgehead atoms. The van der Waals surface area contributed by atoms with E-state index in [-0.39, 0.29) is 60.8 Å². The van der Waals surface area contributed by atoms with Gasteiger partial charge in [0.25, 0.3) is 40.2 Å². The fourth-order valence-electron chi connectivity index (χ4n) is 11.8. The zero-order valence-corrected chi connectivity index (χ0v) is 58.5. The number of nitrogen functional groups attached to an aromatic ring is 1. The van der Waals surface area contributed by atoms with Crippen LogP contribution in [0.25, 0.3) is 103 Å². The molecule has 0 spiro atoms. The molecule has 2 unspecified atom stereocenters. The minimum Gasteiger partial charge on any atom is -0.496 e. The first kappa shape index (κ1) is 71.4. The Bertz CT molecular complexity index is 5250. The fraction of sp³-hybridized carbons (Fsp3) is 0.293. The summed E-state index contributed by atoms with van der Waals surface area (Å²) >= 11 is 0. The van der Waals surface area contributed by atoms with Crippen LogP contribution in [-0.2, 0) is 19.6 Å². The van der Waals surface area contributed by atoms with E-state index in [1.54, 1.807) is 87.7 Å². The number of pyridine rings is 3. The second-order valence-corrected chi connectivity index (χ2v) is 24.5. The van der Waals surface area contributed by atoms with Gasteiger partial charge in [-0.15, -0.1) is 36.5 Å². The van der Waals surface area contributed by atoms with Gasteiger partial charge in [-0.25, -0.2) is 24.3 Å². The highest BCUT2D eigenvalue weighted by molar-refractivity contribution is 5.70. The molecule has 27 heteroatoms. The van der Waals surface area contributed by atoms with E-state index in [1.165, 1.54) is 16.7 Å². The van der Waals surface area contributed by atoms with Crippen molar-refractivity contribution in [1.29, 1.82) is 0 Å². The predicted molar refractivity (Wildman–Crippen MR) is 390 cm³/mol. The molecule has 1 fully saturated rings. The summed E-state index contributed by atoms with van der Waals surface area (Å²) in [5.41, 5.74) is 19.9. The van der Waals surface area contributed by atoms with Crippen LogP contribution in [0.15, 0.2) is 156 Å². The van der Waals surface area contributed by atoms with Gasteiger partial charge in [-0.05, 0) is 153 Å². The average Bonchev–Trinajstić information content (AvgIpc) is 1.56. The van der Waals surface area contributed by atoms with Crippen molar-refractivity contribution in [2.24, 2.45) is 0 Å². The molecule has 0 saturated heterocycles. The fourth-order valence-corrected chi connectivity index (χ4v) is 11.8. The minimum absolute atomic E-state index is 0. The van der Waals surface area contributed by atoms with Gasteiger partial charge in [0.05, 0.1) is 71.8 Å². The van der Waals surface area contributed by atoms with E-state index in [1.807, 2.05) is 102 Å². The number of rotatable bonds is 20. The summed E-state index contributed by atoms with van der Waals surface area (Å²) in [6.07, 6.45) is 14.4. The van der Waals surface area contributed by atoms with Crippen molar-refractivity contribution in [1.82, 2.24) is 90.1 Å². The molecular formula is C75H82FN19O7. The number of benzene rings is 3. The van der Waals surface area contributed by atoms with E-state index < -0.39 is 12.7 Å². The number of nitrogens with one attached hydrogen (secondary N) is 3. The summed E-state index contributed by atoms with van der Waals surface area (Å²) in [6.45, 7) is 14.5. The summed E-state index contributed by atoms with van der Waals surface area (Å²) in [4.78, 5) is 64.1. The number of ether oxygens (including phenoxy) is 1. The van der Waals surface area contributed by atoms with Gasteiger partial charge in [-0.1, -0.05) is 49.1 Å². The lowest BCUT2D eigenvalue weighted by atomic mass is 10.1. The Morgan fingerprint density at radius 2 is 0.980 bits per heavy atom. The lowest BCUT2D eigenvalue weighted by Crippen LogP contribution is -2.23. The number of halogens is 1. The molecule has 26 nitrogen and oxygen atoms in total. The molecule has 526 valence electrons. The lowest BCUT2D eigenvalue weighted by Gasteiger charge is -2.14. The highest BCUT2D eigenvalue weighted by Gasteiger charge is 2.24. The second kappa shape index (κ2) is 32.4. The molecule has 12 aromatic rings. The third kappa shape index (κ3) is 16.2. The topological polar surface area (TPSA) is 331 Å². The van der Waals surface area contributed by atoms with E-state index >= 15 is 0 Å². The first-order valence-electron chi connectivity index (χ1n) is 33.2. The van der Waals surface area contributed by atoms with Crippen LogP contribution >= 0.6 is 0 Å². The first-order chi connectivity index (χ1) is 49.4. The molecule has 5 N–H and O–H groups in total. The Morgan fingerprint density at radius 3 is 1.46 bits per heavy atom. The summed E-state index contributed by atoms with van der Waals surface area (Å²) in [5, 5.41) is 34.6. The van der Waals surface area contributed by atoms with Gasteiger partial charge < -0.3 is 53.4 Å². The van der Waals surface area contributed by atoms with Gasteiger partial charge in [-0.2, -0.15) is 0 Å². The molecule has 1 saturated carbocycles. The molecule has 1 aliphatic rings. The smallest absolute Gasteiger partial charge is 0.270 e. The molecule has 102 heavy (non-hydrogen) atoms. The van der Waals surface area contributed by atoms with Crippen LogP contribution in [0, 0.1) is 39.5 Å². The first-order valence-corrected chi connectivity index (χ1v) is 33.2. The number of hydrogen-bond donors (Lipinski definition) is 4. The van der Waals surface area contributed by atoms with Crippen LogP contribution in [-0.4, -0.2) is 109 Å². The molecule has 0 amide bonds. The second-order valence-electron chi connectivity index (χ2n) is 24.5. The van der Waals surface area contributed by atoms with E-state index in [4.69, 9.17) is 28.7 Å². The molecule has 3 aromatic carbocycles. The van der Waals surface area contributed by atoms with Crippen LogP contribution in [0.2, 0.25) is 0 Å². The van der Waals surface area contributed by atoms with Crippen molar-refractivity contribution in [3.63, 3.8) is 0 Å². The van der Waals surface area contributed by atoms with Crippen LogP contribution in [0.4, 0.5) is 10.2 Å². The summed E-state index contributed by atoms with van der Waals surface area (Å²) in [7, 11) is 7.32. The van der Waals surface area contributed by atoms with Gasteiger partial charge in [-0.3, -0.25) is 24.4 Å². The lowest BCUT2D eigenvalue weighted by molar-refractivity contribution is 0.371. The number of aromatic nitrogens is 15. The standard InChI is InChI=1S/C26H28N6O3.C25H25N7O2.C24H25FN6O2.2H2/c1-16-24(26-31-30-25(35-26)20-10-8-17(13-27-2)12-22(20)34-3)29-21(14-28-16)18-9-11-23(33)32(15-18)19-6-4-5-7-19;1-5-6-16(3)32-14-18(8-10-21(32)33)20-13-28-23(26)22(29-20)25-31-30-24(34-25)19-9-7-17(12-27-4)11-15(19)2;1-14-9-17(11-26-4)5-7-19(14)23-29-30-24(33-23)22-16(3)27-12-20(28-22)18-6-8-21(32)31(13-18)15(2)10-25;;/h8-12,14-15,19,27H,4-7,13H2,1-3H3;7-11,13-14,16,27H,12H2,1-4H3,(H2,26,28);5-9,12-13,15,26H,10-11H2,1-4H3;2*1H. The van der Waals surface area contributed by atoms with Crippen molar-refractivity contribution in [2.75, 3.05) is 40.7 Å². The highest BCUT2D eigenvalue weighted by Crippen LogP contribution is 2.36. The van der Waals surface area contributed by atoms with E-state index in [9.17, 15) is 18.8 Å². The quantitative estimate of drug-likeness (QED) is 0.0515. The van der Waals surface area contributed by atoms with Gasteiger partial charge in [0.1, 0.15) is 23.8 Å². The monoisotopic (exact) mass is 1380 g/mol. The average molecular weight is 1380 g/mol. The van der Waals surface area contributed by atoms with Gasteiger partial charge >= 0.3 is 0 Å². The van der Waals surface area contributed by atoms with Crippen molar-refractivity contribution in [3.8, 4) is 120 Å². The number of methoxy groups -OCH3 is 1. The van der Waals surface area contributed by atoms with Crippen LogP contribution in [0.5, 0.6) is 5.75 Å². The molecule has 9 heterocycles. The highest BCUT2D eigenvalue weighted by atomic mass is 19.1. The SMILES string of the molecule is CC#CC(C)n1cc(-c2cnc(N)c(-c3nnc(-c4ccc(CNC)cc4C)o3)n2)ccc1=O.CNCc1ccc(-c2nnc(-c3nc(-c4ccc(=O)n(C(C)CF)c4)cnc3C)o2)c(C)c1.CNCc1ccc(-c2nnc(-c3nc(-c4ccc(=O)n(C5CCCC5)c4)cnc3C)o2)c(OC)c1.[HH].[HH]. The van der Waals surface area contributed by atoms with Crippen LogP contribution < -0.4 is 43.1 Å². The Hall–Kier alpha value is -11.9. The molecule has 0 radical (unpaired) electrons. The largest absolute Gasteiger partial charge is 0.496 e. The number of aryl methyl sites for hydroxylation is 4. The van der Waals surface area contributed by atoms with Gasteiger partial charge in [0.2, 0.25) is 11.8 Å². The van der Waals surface area contributed by atoms with E-state index in [0.717, 1.165) is 89.8 Å². The summed E-state index contributed by atoms with van der Waals surface area (Å²) < 4.78 is 41.3. The van der Waals surface area contributed by atoms with Crippen molar-refractivity contribution >= 4 is 5.82 Å². The maximum absolute atomic E-state index is 13.1. The van der Waals surface area contributed by atoms with Gasteiger partial charge in [0, 0.05) is 93.1 Å². The van der Waals surface area contributed by atoms with Crippen molar-refractivity contribution in [2.45, 2.75) is 112 Å². The van der Waals surface area contributed by atoms with Crippen molar-refractivity contribution < 1.29 is 25.2 Å². The zero-order valence-electron chi connectivity index (χ0n) is 58.5. The maximum Gasteiger partial charge on any atom is 0.270 e. The third-order valence-electron chi connectivity index (χ3n) is 17.2.